The number of hydrogen-bond acceptors (Lipinski definition) is 2. The van der Waals surface area contributed by atoms with Gasteiger partial charge in [0, 0.05) is 18.0 Å². The quantitative estimate of drug-likeness (QED) is 0.486. The highest BCUT2D eigenvalue weighted by Crippen LogP contribution is 2.23. The monoisotopic (exact) mass is 179 g/mol. The fraction of sp³-hybridized carbons (Fsp3) is 0.222. The van der Waals surface area contributed by atoms with Crippen LogP contribution >= 0.6 is 11.8 Å². The summed E-state index contributed by atoms with van der Waals surface area (Å²) in [6, 6.07) is 9.74. The third-order valence-corrected chi connectivity index (χ3v) is 2.59. The Hall–Kier alpha value is -0.960. The Labute approximate surface area is 75.6 Å². The number of benzene rings is 1. The van der Waals surface area contributed by atoms with E-state index in [1.807, 2.05) is 35.2 Å². The van der Waals surface area contributed by atoms with Gasteiger partial charge in [0.2, 0.25) is 0 Å². The molecule has 0 aliphatic carbocycles. The van der Waals surface area contributed by atoms with E-state index in [1.165, 1.54) is 11.8 Å². The van der Waals surface area contributed by atoms with E-state index in [0.717, 1.165) is 18.0 Å². The Kier molecular flexibility index (Phi) is 2.04. The molecule has 12 heavy (non-hydrogen) atoms. The summed E-state index contributed by atoms with van der Waals surface area (Å²) in [5.74, 6) is 0. The molecule has 0 unspecified atom stereocenters. The van der Waals surface area contributed by atoms with Crippen LogP contribution < -0.4 is 0 Å². The van der Waals surface area contributed by atoms with Gasteiger partial charge in [0.25, 0.3) is 5.24 Å². The second-order valence-electron chi connectivity index (χ2n) is 2.67. The van der Waals surface area contributed by atoms with Gasteiger partial charge in [0.15, 0.2) is 0 Å². The number of thioether (sulfide) groups is 1. The van der Waals surface area contributed by atoms with E-state index < -0.39 is 0 Å². The van der Waals surface area contributed by atoms with Gasteiger partial charge in [0.1, 0.15) is 0 Å². The summed E-state index contributed by atoms with van der Waals surface area (Å²) >= 11 is 1.30. The van der Waals surface area contributed by atoms with E-state index in [-0.39, 0.29) is 5.24 Å². The van der Waals surface area contributed by atoms with Crippen LogP contribution in [0, 0.1) is 0 Å². The summed E-state index contributed by atoms with van der Waals surface area (Å²) in [4.78, 5) is 14.1. The molecule has 62 valence electrons. The number of rotatable bonds is 1. The van der Waals surface area contributed by atoms with Gasteiger partial charge in [-0.25, -0.2) is 0 Å². The lowest BCUT2D eigenvalue weighted by molar-refractivity contribution is 0.251. The molecule has 1 aromatic carbocycles. The molecule has 2 nitrogen and oxygen atoms in total. The van der Waals surface area contributed by atoms with Crippen molar-refractivity contribution >= 4 is 17.0 Å². The molecule has 1 aliphatic heterocycles. The molecule has 0 N–H and O–H groups in total. The standard InChI is InChI=1S/C9H9NOS/c11-9(10-6-7-10)12-8-4-2-1-3-5-8/h1-5H,6-7H2. The van der Waals surface area contributed by atoms with Gasteiger partial charge in [-0.3, -0.25) is 4.79 Å². The van der Waals surface area contributed by atoms with Crippen LogP contribution in [0.5, 0.6) is 0 Å². The zero-order chi connectivity index (χ0) is 8.39. The Balaban J connectivity index is 1.98. The lowest BCUT2D eigenvalue weighted by Crippen LogP contribution is -2.01. The highest BCUT2D eigenvalue weighted by molar-refractivity contribution is 8.13. The van der Waals surface area contributed by atoms with E-state index in [2.05, 4.69) is 0 Å². The molecule has 1 amide bonds. The Morgan fingerprint density at radius 3 is 2.50 bits per heavy atom. The predicted molar refractivity (Wildman–Crippen MR) is 49.3 cm³/mol. The van der Waals surface area contributed by atoms with E-state index in [1.54, 1.807) is 0 Å². The molecule has 0 bridgehead atoms. The van der Waals surface area contributed by atoms with Crippen molar-refractivity contribution < 1.29 is 4.79 Å². The van der Waals surface area contributed by atoms with Crippen molar-refractivity contribution in [3.63, 3.8) is 0 Å². The van der Waals surface area contributed by atoms with Crippen LogP contribution in [0.2, 0.25) is 0 Å². The first kappa shape index (κ1) is 7.68. The zero-order valence-electron chi connectivity index (χ0n) is 6.56. The molecule has 0 aromatic heterocycles. The third kappa shape index (κ3) is 1.80. The minimum Gasteiger partial charge on any atom is -0.330 e. The van der Waals surface area contributed by atoms with Crippen molar-refractivity contribution in [2.24, 2.45) is 0 Å². The smallest absolute Gasteiger partial charge is 0.286 e. The molecule has 0 atom stereocenters. The minimum atomic E-state index is 0.168. The molecule has 1 fully saturated rings. The number of nitrogens with zero attached hydrogens (tertiary/aromatic N) is 1. The van der Waals surface area contributed by atoms with Crippen LogP contribution in [0.4, 0.5) is 4.79 Å². The van der Waals surface area contributed by atoms with Crippen molar-refractivity contribution in [2.45, 2.75) is 4.90 Å². The maximum absolute atomic E-state index is 11.3. The van der Waals surface area contributed by atoms with Crippen LogP contribution in [-0.4, -0.2) is 23.2 Å². The molecule has 3 heteroatoms. The number of hydrogen-bond donors (Lipinski definition) is 0. The zero-order valence-corrected chi connectivity index (χ0v) is 7.38. The Morgan fingerprint density at radius 2 is 1.92 bits per heavy atom. The van der Waals surface area contributed by atoms with E-state index in [0.29, 0.717) is 0 Å². The number of carbonyl (C=O) groups is 1. The highest BCUT2D eigenvalue weighted by Gasteiger charge is 2.24. The van der Waals surface area contributed by atoms with E-state index >= 15 is 0 Å². The molecular formula is C9H9NOS. The highest BCUT2D eigenvalue weighted by atomic mass is 32.2. The fourth-order valence-corrected chi connectivity index (χ4v) is 1.69. The van der Waals surface area contributed by atoms with Gasteiger partial charge in [-0.1, -0.05) is 18.2 Å². The lowest BCUT2D eigenvalue weighted by atomic mass is 10.4. The largest absolute Gasteiger partial charge is 0.330 e. The molecule has 1 aliphatic rings. The van der Waals surface area contributed by atoms with Crippen LogP contribution in [0.25, 0.3) is 0 Å². The van der Waals surface area contributed by atoms with E-state index in [9.17, 15) is 4.79 Å². The maximum atomic E-state index is 11.3. The Bertz CT molecular complexity index is 282. The SMILES string of the molecule is O=C(Sc1ccccc1)N1CC1. The van der Waals surface area contributed by atoms with Crippen molar-refractivity contribution in [3.05, 3.63) is 30.3 Å². The fourth-order valence-electron chi connectivity index (χ4n) is 0.886. The summed E-state index contributed by atoms with van der Waals surface area (Å²) in [5.41, 5.74) is 0. The minimum absolute atomic E-state index is 0.168. The molecule has 1 aromatic rings. The molecule has 0 radical (unpaired) electrons. The summed E-state index contributed by atoms with van der Waals surface area (Å²) in [5, 5.41) is 0.168. The molecule has 2 rings (SSSR count). The molecular weight excluding hydrogens is 170 g/mol. The summed E-state index contributed by atoms with van der Waals surface area (Å²) in [7, 11) is 0. The van der Waals surface area contributed by atoms with Crippen molar-refractivity contribution in [1.82, 2.24) is 4.90 Å². The average Bonchev–Trinajstić information content (AvgIpc) is 2.88. The van der Waals surface area contributed by atoms with Gasteiger partial charge >= 0.3 is 0 Å². The van der Waals surface area contributed by atoms with Crippen molar-refractivity contribution in [3.8, 4) is 0 Å². The molecule has 0 saturated carbocycles. The third-order valence-electron chi connectivity index (χ3n) is 1.65. The van der Waals surface area contributed by atoms with E-state index in [4.69, 9.17) is 0 Å². The maximum Gasteiger partial charge on any atom is 0.286 e. The Morgan fingerprint density at radius 1 is 1.25 bits per heavy atom. The first-order valence-corrected chi connectivity index (χ1v) is 4.70. The predicted octanol–water partition coefficient (Wildman–Crippen LogP) is 2.21. The number of carbonyl (C=O) groups excluding carboxylic acids is 1. The molecule has 0 spiro atoms. The molecule has 1 saturated heterocycles. The van der Waals surface area contributed by atoms with Crippen LogP contribution in [0.15, 0.2) is 35.2 Å². The first-order valence-electron chi connectivity index (χ1n) is 3.88. The van der Waals surface area contributed by atoms with Crippen LogP contribution in [0.3, 0.4) is 0 Å². The van der Waals surface area contributed by atoms with Gasteiger partial charge in [0.05, 0.1) is 0 Å². The van der Waals surface area contributed by atoms with Crippen LogP contribution in [0.1, 0.15) is 0 Å². The second-order valence-corrected chi connectivity index (χ2v) is 3.69. The van der Waals surface area contributed by atoms with Gasteiger partial charge in [-0.15, -0.1) is 0 Å². The van der Waals surface area contributed by atoms with Crippen molar-refractivity contribution in [2.75, 3.05) is 13.1 Å². The van der Waals surface area contributed by atoms with Crippen molar-refractivity contribution in [1.29, 1.82) is 0 Å². The van der Waals surface area contributed by atoms with Gasteiger partial charge in [-0.2, -0.15) is 0 Å². The van der Waals surface area contributed by atoms with Crippen LogP contribution in [-0.2, 0) is 0 Å². The first-order chi connectivity index (χ1) is 5.86. The van der Waals surface area contributed by atoms with Gasteiger partial charge in [-0.05, 0) is 23.9 Å². The number of amides is 1. The average molecular weight is 179 g/mol. The second kappa shape index (κ2) is 3.19. The lowest BCUT2D eigenvalue weighted by Gasteiger charge is -1.99. The summed E-state index contributed by atoms with van der Waals surface area (Å²) in [6.07, 6.45) is 0. The normalized spacial score (nSPS) is 14.5. The topological polar surface area (TPSA) is 20.1 Å². The summed E-state index contributed by atoms with van der Waals surface area (Å²) < 4.78 is 0. The summed E-state index contributed by atoms with van der Waals surface area (Å²) in [6.45, 7) is 1.86. The van der Waals surface area contributed by atoms with Gasteiger partial charge < -0.3 is 4.90 Å². The molecule has 1 heterocycles.